The molecule has 0 saturated carbocycles. The zero-order chi connectivity index (χ0) is 8.67. The van der Waals surface area contributed by atoms with Gasteiger partial charge >= 0.3 is 0 Å². The summed E-state index contributed by atoms with van der Waals surface area (Å²) >= 11 is 0. The van der Waals surface area contributed by atoms with Crippen molar-refractivity contribution >= 4 is 0 Å². The number of piperidine rings is 1. The van der Waals surface area contributed by atoms with Crippen LogP contribution in [0.2, 0.25) is 0 Å². The minimum atomic E-state index is 0.618. The van der Waals surface area contributed by atoms with Gasteiger partial charge in [-0.3, -0.25) is 0 Å². The number of aromatic nitrogens is 3. The summed E-state index contributed by atoms with van der Waals surface area (Å²) < 4.78 is 2.15. The Labute approximate surface area is 77.4 Å². The maximum atomic E-state index is 4.32. The molecule has 0 aliphatic carbocycles. The lowest BCUT2D eigenvalue weighted by Gasteiger charge is -2.36. The third-order valence-corrected chi connectivity index (χ3v) is 3.27. The van der Waals surface area contributed by atoms with Crippen LogP contribution >= 0.6 is 0 Å². The van der Waals surface area contributed by atoms with E-state index in [0.717, 1.165) is 25.4 Å². The van der Waals surface area contributed by atoms with Gasteiger partial charge in [0.05, 0.1) is 6.04 Å². The molecule has 0 spiro atoms. The molecule has 1 fully saturated rings. The van der Waals surface area contributed by atoms with Crippen molar-refractivity contribution in [3.63, 3.8) is 0 Å². The lowest BCUT2D eigenvalue weighted by molar-refractivity contribution is 0.197. The van der Waals surface area contributed by atoms with Gasteiger partial charge in [-0.2, -0.15) is 5.10 Å². The predicted molar refractivity (Wildman–Crippen MR) is 48.4 cm³/mol. The molecule has 2 aliphatic heterocycles. The Kier molecular flexibility index (Phi) is 1.62. The molecule has 0 radical (unpaired) electrons. The Morgan fingerprint density at radius 3 is 3.46 bits per heavy atom. The smallest absolute Gasteiger partial charge is 0.138 e. The molecule has 1 aromatic rings. The highest BCUT2D eigenvalue weighted by atomic mass is 15.4. The number of nitrogens with zero attached hydrogens (tertiary/aromatic N) is 3. The monoisotopic (exact) mass is 178 g/mol. The van der Waals surface area contributed by atoms with Crippen LogP contribution in [0.25, 0.3) is 0 Å². The van der Waals surface area contributed by atoms with Crippen molar-refractivity contribution in [2.45, 2.75) is 25.3 Å². The third kappa shape index (κ3) is 1.09. The highest BCUT2D eigenvalue weighted by Gasteiger charge is 2.32. The fourth-order valence-corrected chi connectivity index (χ4v) is 2.57. The van der Waals surface area contributed by atoms with Gasteiger partial charge in [0.25, 0.3) is 0 Å². The van der Waals surface area contributed by atoms with E-state index in [1.165, 1.54) is 18.7 Å². The van der Waals surface area contributed by atoms with Crippen molar-refractivity contribution in [1.29, 1.82) is 0 Å². The zero-order valence-corrected chi connectivity index (χ0v) is 7.61. The largest absolute Gasteiger partial charge is 0.316 e. The molecular formula is C9H14N4. The first kappa shape index (κ1) is 7.50. The van der Waals surface area contributed by atoms with E-state index in [0.29, 0.717) is 6.04 Å². The van der Waals surface area contributed by atoms with Gasteiger partial charge in [0.1, 0.15) is 12.2 Å². The van der Waals surface area contributed by atoms with E-state index in [-0.39, 0.29) is 0 Å². The second kappa shape index (κ2) is 2.80. The number of aryl methyl sites for hydroxylation is 1. The second-order valence-corrected chi connectivity index (χ2v) is 3.98. The quantitative estimate of drug-likeness (QED) is 0.624. The van der Waals surface area contributed by atoms with E-state index in [1.807, 2.05) is 0 Å². The number of fused-ring (bicyclic) bond motifs is 3. The lowest BCUT2D eigenvalue weighted by atomic mass is 9.87. The molecule has 3 rings (SSSR count). The minimum Gasteiger partial charge on any atom is -0.316 e. The predicted octanol–water partition coefficient (Wildman–Crippen LogP) is 0.375. The van der Waals surface area contributed by atoms with Gasteiger partial charge in [0.2, 0.25) is 0 Å². The molecule has 2 aliphatic rings. The van der Waals surface area contributed by atoms with Gasteiger partial charge in [-0.15, -0.1) is 0 Å². The summed E-state index contributed by atoms with van der Waals surface area (Å²) in [6.45, 7) is 2.28. The molecule has 70 valence electrons. The fourth-order valence-electron chi connectivity index (χ4n) is 2.57. The molecule has 1 N–H and O–H groups in total. The average Bonchev–Trinajstić information content (AvgIpc) is 2.65. The van der Waals surface area contributed by atoms with Crippen LogP contribution in [0.4, 0.5) is 0 Å². The van der Waals surface area contributed by atoms with Crippen molar-refractivity contribution in [3.05, 3.63) is 12.2 Å². The van der Waals surface area contributed by atoms with Gasteiger partial charge in [0, 0.05) is 13.0 Å². The molecule has 1 aromatic heterocycles. The number of hydrogen-bond acceptors (Lipinski definition) is 3. The van der Waals surface area contributed by atoms with Gasteiger partial charge in [0.15, 0.2) is 0 Å². The first-order chi connectivity index (χ1) is 6.45. The number of rotatable bonds is 0. The normalized spacial score (nSPS) is 32.3. The molecule has 4 nitrogen and oxygen atoms in total. The summed E-state index contributed by atoms with van der Waals surface area (Å²) in [4.78, 5) is 4.28. The Bertz CT molecular complexity index is 306. The lowest BCUT2D eigenvalue weighted by Crippen LogP contribution is -2.41. The fraction of sp³-hybridized carbons (Fsp3) is 0.778. The maximum Gasteiger partial charge on any atom is 0.138 e. The summed E-state index contributed by atoms with van der Waals surface area (Å²) in [5.41, 5.74) is 0. The molecule has 2 unspecified atom stereocenters. The molecule has 0 amide bonds. The highest BCUT2D eigenvalue weighted by molar-refractivity contribution is 4.97. The first-order valence-electron chi connectivity index (χ1n) is 5.04. The molecule has 3 heterocycles. The van der Waals surface area contributed by atoms with Crippen LogP contribution in [0.15, 0.2) is 6.33 Å². The van der Waals surface area contributed by atoms with Crippen LogP contribution in [0.5, 0.6) is 0 Å². The molecule has 4 heteroatoms. The van der Waals surface area contributed by atoms with Crippen molar-refractivity contribution in [2.24, 2.45) is 5.92 Å². The van der Waals surface area contributed by atoms with Crippen LogP contribution in [-0.2, 0) is 6.42 Å². The molecule has 2 atom stereocenters. The summed E-state index contributed by atoms with van der Waals surface area (Å²) in [5, 5.41) is 7.76. The van der Waals surface area contributed by atoms with E-state index >= 15 is 0 Å². The number of hydrogen-bond donors (Lipinski definition) is 1. The van der Waals surface area contributed by atoms with E-state index in [9.17, 15) is 0 Å². The standard InChI is InChI=1S/C9H14N4/c1-2-9-11-6-12-13(9)8-3-4-10-5-7(1)8/h6-8,10H,1-5H2. The van der Waals surface area contributed by atoms with E-state index in [2.05, 4.69) is 20.1 Å². The molecule has 13 heavy (non-hydrogen) atoms. The minimum absolute atomic E-state index is 0.618. The van der Waals surface area contributed by atoms with Crippen LogP contribution in [-0.4, -0.2) is 27.9 Å². The van der Waals surface area contributed by atoms with Crippen molar-refractivity contribution in [2.75, 3.05) is 13.1 Å². The molecule has 0 bridgehead atoms. The SMILES string of the molecule is c1nc2n(n1)C1CCNCC1CC2. The Balaban J connectivity index is 1.97. The topological polar surface area (TPSA) is 42.7 Å². The Morgan fingerprint density at radius 2 is 2.46 bits per heavy atom. The zero-order valence-electron chi connectivity index (χ0n) is 7.61. The molecular weight excluding hydrogens is 164 g/mol. The van der Waals surface area contributed by atoms with Crippen molar-refractivity contribution in [3.8, 4) is 0 Å². The maximum absolute atomic E-state index is 4.32. The van der Waals surface area contributed by atoms with Crippen LogP contribution in [0.1, 0.15) is 24.7 Å². The van der Waals surface area contributed by atoms with Crippen LogP contribution in [0, 0.1) is 5.92 Å². The van der Waals surface area contributed by atoms with Crippen molar-refractivity contribution < 1.29 is 0 Å². The summed E-state index contributed by atoms with van der Waals surface area (Å²) in [7, 11) is 0. The van der Waals surface area contributed by atoms with Crippen molar-refractivity contribution in [1.82, 2.24) is 20.1 Å². The van der Waals surface area contributed by atoms with E-state index in [4.69, 9.17) is 0 Å². The van der Waals surface area contributed by atoms with Gasteiger partial charge in [-0.1, -0.05) is 0 Å². The van der Waals surface area contributed by atoms with E-state index in [1.54, 1.807) is 6.33 Å². The molecule has 1 saturated heterocycles. The second-order valence-electron chi connectivity index (χ2n) is 3.98. The van der Waals surface area contributed by atoms with Gasteiger partial charge in [-0.25, -0.2) is 9.67 Å². The van der Waals surface area contributed by atoms with Crippen LogP contribution < -0.4 is 5.32 Å². The first-order valence-corrected chi connectivity index (χ1v) is 5.04. The van der Waals surface area contributed by atoms with Gasteiger partial charge in [-0.05, 0) is 25.3 Å². The average molecular weight is 178 g/mol. The summed E-state index contributed by atoms with van der Waals surface area (Å²) in [5.74, 6) is 1.96. The molecule has 0 aromatic carbocycles. The Hall–Kier alpha value is -0.900. The van der Waals surface area contributed by atoms with Gasteiger partial charge < -0.3 is 5.32 Å². The van der Waals surface area contributed by atoms with Crippen LogP contribution in [0.3, 0.4) is 0 Å². The summed E-state index contributed by atoms with van der Waals surface area (Å²) in [6.07, 6.45) is 5.28. The van der Waals surface area contributed by atoms with E-state index < -0.39 is 0 Å². The number of nitrogens with one attached hydrogen (secondary N) is 1. The third-order valence-electron chi connectivity index (χ3n) is 3.27. The summed E-state index contributed by atoms with van der Waals surface area (Å²) in [6, 6.07) is 0.618. The highest BCUT2D eigenvalue weighted by Crippen LogP contribution is 2.32. The Morgan fingerprint density at radius 1 is 1.46 bits per heavy atom.